The van der Waals surface area contributed by atoms with Crippen LogP contribution in [0.15, 0.2) is 48.8 Å². The zero-order valence-electron chi connectivity index (χ0n) is 29.1. The van der Waals surface area contributed by atoms with Gasteiger partial charge < -0.3 is 24.6 Å². The van der Waals surface area contributed by atoms with Crippen molar-refractivity contribution in [3.63, 3.8) is 0 Å². The van der Waals surface area contributed by atoms with Crippen LogP contribution >= 0.6 is 0 Å². The van der Waals surface area contributed by atoms with Gasteiger partial charge >= 0.3 is 24.5 Å². The molecule has 0 spiro atoms. The van der Waals surface area contributed by atoms with Crippen molar-refractivity contribution >= 4 is 17.6 Å². The SMILES string of the molecule is CCOC(=O)CCCCCCNCCc1ccc(C(F)(F)F)cc1CN(Cc1cc(C(F)(F)F)cc(C(F)(F)F)c1)c1ncc(N2CCOCC2)cn1. The minimum absolute atomic E-state index is 0.0167. The van der Waals surface area contributed by atoms with E-state index in [2.05, 4.69) is 15.3 Å². The Hall–Kier alpha value is -4.12. The molecular weight excluding hydrogens is 721 g/mol. The van der Waals surface area contributed by atoms with Gasteiger partial charge in [0.15, 0.2) is 0 Å². The van der Waals surface area contributed by atoms with E-state index in [-0.39, 0.29) is 42.1 Å². The van der Waals surface area contributed by atoms with Crippen LogP contribution in [0, 0.1) is 0 Å². The van der Waals surface area contributed by atoms with E-state index in [1.807, 2.05) is 4.90 Å². The predicted octanol–water partition coefficient (Wildman–Crippen LogP) is 8.22. The van der Waals surface area contributed by atoms with Crippen LogP contribution in [0.5, 0.6) is 0 Å². The van der Waals surface area contributed by atoms with Crippen molar-refractivity contribution in [3.05, 3.63) is 82.2 Å². The number of anilines is 2. The van der Waals surface area contributed by atoms with E-state index in [1.54, 1.807) is 6.92 Å². The van der Waals surface area contributed by atoms with Crippen molar-refractivity contribution in [1.82, 2.24) is 15.3 Å². The van der Waals surface area contributed by atoms with Crippen LogP contribution < -0.4 is 15.1 Å². The second kappa shape index (κ2) is 18.8. The Bertz CT molecular complexity index is 1580. The lowest BCUT2D eigenvalue weighted by molar-refractivity contribution is -0.144. The fraction of sp³-hybridized carbons (Fsp3) is 0.528. The number of carbonyl (C=O) groups is 1. The maximum Gasteiger partial charge on any atom is 0.416 e. The summed E-state index contributed by atoms with van der Waals surface area (Å²) >= 11 is 0. The molecule has 53 heavy (non-hydrogen) atoms. The quantitative estimate of drug-likeness (QED) is 0.0838. The fourth-order valence-electron chi connectivity index (χ4n) is 5.84. The Balaban J connectivity index is 1.58. The van der Waals surface area contributed by atoms with E-state index in [0.29, 0.717) is 82.2 Å². The molecule has 1 aliphatic rings. The van der Waals surface area contributed by atoms with Crippen molar-refractivity contribution in [2.75, 3.05) is 55.8 Å². The molecule has 0 atom stereocenters. The molecule has 0 aliphatic carbocycles. The number of halogens is 9. The number of hydrogen-bond acceptors (Lipinski definition) is 8. The first kappa shape index (κ1) is 41.6. The smallest absolute Gasteiger partial charge is 0.416 e. The lowest BCUT2D eigenvalue weighted by Gasteiger charge is -2.29. The lowest BCUT2D eigenvalue weighted by atomic mass is 9.99. The molecule has 0 saturated carbocycles. The average molecular weight is 764 g/mol. The van der Waals surface area contributed by atoms with Crippen molar-refractivity contribution in [1.29, 1.82) is 0 Å². The molecule has 1 N–H and O–H groups in total. The van der Waals surface area contributed by atoms with Crippen molar-refractivity contribution in [3.8, 4) is 0 Å². The van der Waals surface area contributed by atoms with Gasteiger partial charge in [-0.1, -0.05) is 18.9 Å². The number of esters is 1. The predicted molar refractivity (Wildman–Crippen MR) is 179 cm³/mol. The summed E-state index contributed by atoms with van der Waals surface area (Å²) in [6.45, 7) is 4.12. The number of aromatic nitrogens is 2. The number of nitrogens with one attached hydrogen (secondary N) is 1. The molecule has 2 heterocycles. The second-order valence-corrected chi connectivity index (χ2v) is 12.6. The van der Waals surface area contributed by atoms with E-state index in [1.165, 1.54) is 23.4 Å². The third kappa shape index (κ3) is 13.1. The van der Waals surface area contributed by atoms with Gasteiger partial charge in [-0.3, -0.25) is 4.79 Å². The number of unbranched alkanes of at least 4 members (excludes halogenated alkanes) is 3. The number of carbonyl (C=O) groups excluding carboxylic acids is 1. The van der Waals surface area contributed by atoms with E-state index < -0.39 is 41.8 Å². The third-order valence-electron chi connectivity index (χ3n) is 8.56. The van der Waals surface area contributed by atoms with Gasteiger partial charge in [-0.2, -0.15) is 39.5 Å². The van der Waals surface area contributed by atoms with Crippen molar-refractivity contribution in [2.45, 2.75) is 77.1 Å². The molecule has 17 heteroatoms. The van der Waals surface area contributed by atoms with Gasteiger partial charge in [-0.15, -0.1) is 0 Å². The van der Waals surface area contributed by atoms with Gasteiger partial charge in [0.05, 0.1) is 54.6 Å². The Morgan fingerprint density at radius 1 is 0.792 bits per heavy atom. The number of benzene rings is 2. The topological polar surface area (TPSA) is 79.8 Å². The molecular formula is C36H42F9N5O3. The highest BCUT2D eigenvalue weighted by Crippen LogP contribution is 2.37. The van der Waals surface area contributed by atoms with E-state index in [0.717, 1.165) is 31.4 Å². The Kier molecular flexibility index (Phi) is 14.7. The molecule has 0 bridgehead atoms. The minimum atomic E-state index is -5.10. The summed E-state index contributed by atoms with van der Waals surface area (Å²) in [7, 11) is 0. The molecule has 1 saturated heterocycles. The first-order valence-corrected chi connectivity index (χ1v) is 17.3. The van der Waals surface area contributed by atoms with Crippen molar-refractivity contribution in [2.24, 2.45) is 0 Å². The fourth-order valence-corrected chi connectivity index (χ4v) is 5.84. The normalized spacial score (nSPS) is 14.0. The molecule has 1 aromatic heterocycles. The van der Waals surface area contributed by atoms with Crippen LogP contribution in [-0.2, 0) is 52.3 Å². The van der Waals surface area contributed by atoms with E-state index in [9.17, 15) is 44.3 Å². The highest BCUT2D eigenvalue weighted by Gasteiger charge is 2.37. The van der Waals surface area contributed by atoms with Gasteiger partial charge in [-0.25, -0.2) is 9.97 Å². The molecule has 2 aromatic carbocycles. The Morgan fingerprint density at radius 2 is 1.42 bits per heavy atom. The molecule has 3 aromatic rings. The number of hydrogen-bond donors (Lipinski definition) is 1. The van der Waals surface area contributed by atoms with Crippen LogP contribution in [0.1, 0.15) is 72.4 Å². The second-order valence-electron chi connectivity index (χ2n) is 12.6. The van der Waals surface area contributed by atoms with Crippen LogP contribution in [0.4, 0.5) is 51.1 Å². The molecule has 0 amide bonds. The maximum absolute atomic E-state index is 13.9. The number of nitrogens with zero attached hydrogens (tertiary/aromatic N) is 4. The van der Waals surface area contributed by atoms with Gasteiger partial charge in [-0.05, 0) is 86.3 Å². The number of rotatable bonds is 17. The van der Waals surface area contributed by atoms with Gasteiger partial charge in [0.2, 0.25) is 5.95 Å². The zero-order chi connectivity index (χ0) is 38.6. The maximum atomic E-state index is 13.9. The van der Waals surface area contributed by atoms with E-state index in [4.69, 9.17) is 9.47 Å². The summed E-state index contributed by atoms with van der Waals surface area (Å²) in [5.41, 5.74) is -3.13. The summed E-state index contributed by atoms with van der Waals surface area (Å²) in [6, 6.07) is 4.37. The molecule has 1 fully saturated rings. The van der Waals surface area contributed by atoms with Gasteiger partial charge in [0.1, 0.15) is 0 Å². The first-order chi connectivity index (χ1) is 25.0. The average Bonchev–Trinajstić information content (AvgIpc) is 3.10. The summed E-state index contributed by atoms with van der Waals surface area (Å²) in [6.07, 6.45) is -8.23. The number of ether oxygens (including phenoxy) is 2. The van der Waals surface area contributed by atoms with Crippen LogP contribution in [0.2, 0.25) is 0 Å². The molecule has 4 rings (SSSR count). The highest BCUT2D eigenvalue weighted by atomic mass is 19.4. The minimum Gasteiger partial charge on any atom is -0.466 e. The lowest BCUT2D eigenvalue weighted by Crippen LogP contribution is -2.36. The molecule has 0 radical (unpaired) electrons. The highest BCUT2D eigenvalue weighted by molar-refractivity contribution is 5.69. The zero-order valence-corrected chi connectivity index (χ0v) is 29.1. The largest absolute Gasteiger partial charge is 0.466 e. The van der Waals surface area contributed by atoms with Crippen LogP contribution in [0.25, 0.3) is 0 Å². The van der Waals surface area contributed by atoms with Gasteiger partial charge in [0, 0.05) is 32.6 Å². The van der Waals surface area contributed by atoms with E-state index >= 15 is 0 Å². The number of alkyl halides is 9. The monoisotopic (exact) mass is 763 g/mol. The van der Waals surface area contributed by atoms with Crippen LogP contribution in [0.3, 0.4) is 0 Å². The Labute approximate surface area is 301 Å². The number of morpholine rings is 1. The molecule has 292 valence electrons. The van der Waals surface area contributed by atoms with Crippen LogP contribution in [-0.4, -0.2) is 61.9 Å². The summed E-state index contributed by atoms with van der Waals surface area (Å²) in [4.78, 5) is 23.4. The molecule has 0 unspecified atom stereocenters. The standard InChI is InChI=1S/C36H42F9N5O3/c1-2-53-32(51)7-5-3-4-6-11-46-12-10-26-8-9-28(34(37,38)39)19-27(26)24-50(33-47-21-31(22-48-33)49-13-15-52-16-14-49)23-25-17-29(35(40,41)42)20-30(18-25)36(43,44)45/h8-9,17-22,46H,2-7,10-16,23-24H2,1H3. The summed E-state index contributed by atoms with van der Waals surface area (Å²) in [5, 5.41) is 3.25. The summed E-state index contributed by atoms with van der Waals surface area (Å²) in [5.74, 6) is -0.341. The molecule has 1 aliphatic heterocycles. The van der Waals surface area contributed by atoms with Gasteiger partial charge in [0.25, 0.3) is 0 Å². The first-order valence-electron chi connectivity index (χ1n) is 17.3. The third-order valence-corrected chi connectivity index (χ3v) is 8.56. The summed E-state index contributed by atoms with van der Waals surface area (Å²) < 4.78 is 134. The molecule has 8 nitrogen and oxygen atoms in total. The Morgan fingerprint density at radius 3 is 2.02 bits per heavy atom. The van der Waals surface area contributed by atoms with Crippen molar-refractivity contribution < 1.29 is 53.8 Å².